The zero-order valence-corrected chi connectivity index (χ0v) is 6.51. The van der Waals surface area contributed by atoms with Crippen molar-refractivity contribution in [2.45, 2.75) is 0 Å². The Morgan fingerprint density at radius 1 is 1.38 bits per heavy atom. The lowest BCUT2D eigenvalue weighted by molar-refractivity contribution is 0.310. The minimum absolute atomic E-state index is 0. The average Bonchev–Trinajstić information content (AvgIpc) is 1.68. The van der Waals surface area contributed by atoms with Crippen LogP contribution in [0.2, 0.25) is 0 Å². The van der Waals surface area contributed by atoms with E-state index in [0.29, 0.717) is 0 Å². The van der Waals surface area contributed by atoms with E-state index in [1.54, 1.807) is 0 Å². The fourth-order valence-electron chi connectivity index (χ4n) is 0.0106. The molecule has 0 radical (unpaired) electrons. The second kappa shape index (κ2) is 4.82. The second-order valence-corrected chi connectivity index (χ2v) is 2.65. The van der Waals surface area contributed by atoms with E-state index < -0.39 is 7.82 Å². The van der Waals surface area contributed by atoms with Crippen LogP contribution in [0.15, 0.2) is 0 Å². The topological polar surface area (TPSA) is 55.8 Å². The molecule has 0 spiro atoms. The van der Waals surface area contributed by atoms with Gasteiger partial charge in [-0.3, -0.25) is 0 Å². The summed E-state index contributed by atoms with van der Waals surface area (Å²) in [7, 11) is -4.12. The molecule has 4 nitrogen and oxygen atoms in total. The molecule has 0 aromatic heterocycles. The fraction of sp³-hybridized carbons (Fsp3) is 0. The van der Waals surface area contributed by atoms with Crippen LogP contribution in [0.1, 0.15) is 0 Å². The highest BCUT2D eigenvalue weighted by atomic mass is 35.5. The largest absolute Gasteiger partial charge is 0.505 e. The Morgan fingerprint density at radius 2 is 1.62 bits per heavy atom. The first-order chi connectivity index (χ1) is 3.12. The van der Waals surface area contributed by atoms with Gasteiger partial charge in [0.05, 0.1) is 23.7 Å². The minimum atomic E-state index is -4.12. The van der Waals surface area contributed by atoms with E-state index in [1.807, 2.05) is 0 Å². The monoisotopic (exact) mass is 202 g/mol. The van der Waals surface area contributed by atoms with Crippen LogP contribution in [0.3, 0.4) is 0 Å². The van der Waals surface area contributed by atoms with Crippen LogP contribution < -0.4 is 0 Å². The van der Waals surface area contributed by atoms with E-state index in [4.69, 9.17) is 4.89 Å². The highest BCUT2D eigenvalue weighted by Crippen LogP contribution is 2.45. The van der Waals surface area contributed by atoms with Crippen molar-refractivity contribution in [1.29, 1.82) is 0 Å². The van der Waals surface area contributed by atoms with E-state index in [2.05, 4.69) is 31.9 Å². The zero-order chi connectivity index (χ0) is 5.91. The van der Waals surface area contributed by atoms with E-state index in [0.717, 1.165) is 0 Å². The maximum atomic E-state index is 9.80. The molecule has 0 aliphatic rings. The van der Waals surface area contributed by atoms with Crippen LogP contribution in [0.4, 0.5) is 0 Å². The molecule has 0 unspecified atom stereocenters. The van der Waals surface area contributed by atoms with Crippen molar-refractivity contribution in [1.82, 2.24) is 0 Å². The van der Waals surface area contributed by atoms with Crippen molar-refractivity contribution < 1.29 is 17.6 Å². The van der Waals surface area contributed by atoms with Gasteiger partial charge in [-0.25, -0.2) is 4.57 Å². The Morgan fingerprint density at radius 3 is 1.62 bits per heavy atom. The quantitative estimate of drug-likeness (QED) is 0.696. The predicted octanol–water partition coefficient (Wildman–Crippen LogP) is 1.85. The van der Waals surface area contributed by atoms with Crippen molar-refractivity contribution in [2.24, 2.45) is 0 Å². The molecule has 8 heavy (non-hydrogen) atoms. The molecule has 0 saturated heterocycles. The van der Waals surface area contributed by atoms with Gasteiger partial charge in [-0.2, -0.15) is 8.15 Å². The van der Waals surface area contributed by atoms with Crippen LogP contribution in [0, 0.1) is 0 Å². The van der Waals surface area contributed by atoms with Gasteiger partial charge in [0.1, 0.15) is 0 Å². The van der Waals surface area contributed by atoms with E-state index >= 15 is 0 Å². The van der Waals surface area contributed by atoms with Gasteiger partial charge in [0.15, 0.2) is 0 Å². The summed E-state index contributed by atoms with van der Waals surface area (Å²) in [4.78, 5) is 7.98. The number of rotatable bonds is 2. The zero-order valence-electron chi connectivity index (χ0n) is 3.28. The van der Waals surface area contributed by atoms with Gasteiger partial charge >= 0.3 is 7.82 Å². The number of hydrogen-bond donors (Lipinski definition) is 1. The first-order valence-electron chi connectivity index (χ1n) is 1.06. The molecule has 0 bridgehead atoms. The summed E-state index contributed by atoms with van der Waals surface area (Å²) in [6.45, 7) is 0. The maximum absolute atomic E-state index is 9.80. The van der Waals surface area contributed by atoms with Crippen molar-refractivity contribution in [2.75, 3.05) is 0 Å². The number of phosphoric acid groups is 1. The lowest BCUT2D eigenvalue weighted by Gasteiger charge is -1.95. The molecule has 52 valence electrons. The summed E-state index contributed by atoms with van der Waals surface area (Å²) in [6, 6.07) is 0. The van der Waals surface area contributed by atoms with Gasteiger partial charge in [-0.05, 0) is 0 Å². The maximum Gasteiger partial charge on any atom is 0.505 e. The van der Waals surface area contributed by atoms with E-state index in [9.17, 15) is 4.57 Å². The summed E-state index contributed by atoms with van der Waals surface area (Å²) in [5, 5.41) is 0. The van der Waals surface area contributed by atoms with E-state index in [1.165, 1.54) is 0 Å². The van der Waals surface area contributed by atoms with Crippen molar-refractivity contribution >= 4 is 44.0 Å². The Hall–Kier alpha value is 0.980. The fourth-order valence-corrected chi connectivity index (χ4v) is 0.287. The van der Waals surface area contributed by atoms with Gasteiger partial charge in [-0.1, -0.05) is 0 Å². The summed E-state index contributed by atoms with van der Waals surface area (Å²) in [5.41, 5.74) is 0. The molecule has 0 aromatic rings. The van der Waals surface area contributed by atoms with Crippen molar-refractivity contribution in [3.05, 3.63) is 0 Å². The molecule has 0 rings (SSSR count). The van der Waals surface area contributed by atoms with Crippen LogP contribution in [0.5, 0.6) is 0 Å². The Bertz CT molecular complexity index is 83.3. The summed E-state index contributed by atoms with van der Waals surface area (Å²) in [5.74, 6) is 0. The van der Waals surface area contributed by atoms with E-state index in [-0.39, 0.29) is 12.4 Å². The highest BCUT2D eigenvalue weighted by molar-refractivity contribution is 7.49. The van der Waals surface area contributed by atoms with Crippen LogP contribution in [0.25, 0.3) is 0 Å². The Labute approximate surface area is 62.0 Å². The van der Waals surface area contributed by atoms with Gasteiger partial charge in [0.25, 0.3) is 0 Å². The van der Waals surface area contributed by atoms with Crippen LogP contribution in [-0.4, -0.2) is 4.89 Å². The first kappa shape index (κ1) is 11.7. The summed E-state index contributed by atoms with van der Waals surface area (Å²) >= 11 is 8.74. The number of halogens is 3. The smallest absolute Gasteiger partial charge is 0.301 e. The Balaban J connectivity index is 0. The molecular weight excluding hydrogens is 201 g/mol. The molecule has 0 saturated carbocycles. The predicted molar refractivity (Wildman–Crippen MR) is 30.9 cm³/mol. The minimum Gasteiger partial charge on any atom is -0.301 e. The first-order valence-corrected chi connectivity index (χ1v) is 3.17. The molecule has 0 fully saturated rings. The molecule has 0 heterocycles. The van der Waals surface area contributed by atoms with Gasteiger partial charge in [0.2, 0.25) is 0 Å². The molecule has 0 aliphatic carbocycles. The average molecular weight is 203 g/mol. The normalized spacial score (nSPS) is 10.4. The third-order valence-electron chi connectivity index (χ3n) is 0.174. The van der Waals surface area contributed by atoms with Crippen molar-refractivity contribution in [3.8, 4) is 0 Å². The lowest BCUT2D eigenvalue weighted by atomic mass is 15.7. The molecule has 0 aromatic carbocycles. The molecule has 8 heteroatoms. The van der Waals surface area contributed by atoms with Crippen molar-refractivity contribution in [3.63, 3.8) is 0 Å². The lowest BCUT2D eigenvalue weighted by Crippen LogP contribution is -1.73. The van der Waals surface area contributed by atoms with Crippen LogP contribution >= 0.6 is 44.0 Å². The molecule has 0 amide bonds. The van der Waals surface area contributed by atoms with Gasteiger partial charge in [0, 0.05) is 0 Å². The summed E-state index contributed by atoms with van der Waals surface area (Å²) in [6.07, 6.45) is 0. The van der Waals surface area contributed by atoms with Crippen LogP contribution in [-0.2, 0) is 12.7 Å². The molecule has 1 N–H and O–H groups in total. The molecule has 0 atom stereocenters. The third kappa shape index (κ3) is 5.12. The SMILES string of the molecule is Cl.O=P(O)(OCl)OCl. The molecule has 0 aliphatic heterocycles. The van der Waals surface area contributed by atoms with Gasteiger partial charge < -0.3 is 4.89 Å². The highest BCUT2D eigenvalue weighted by Gasteiger charge is 2.18. The number of hydrogen-bond acceptors (Lipinski definition) is 3. The summed E-state index contributed by atoms with van der Waals surface area (Å²) < 4.78 is 16.4. The molecular formula is H2Cl3O4P. The second-order valence-electron chi connectivity index (χ2n) is 0.607. The third-order valence-corrected chi connectivity index (χ3v) is 1.57. The van der Waals surface area contributed by atoms with Gasteiger partial charge in [-0.15, -0.1) is 12.4 Å². The standard InChI is InChI=1S/Cl2HO4P.ClH/c1-5-7(3,4)6-2;/h(H,3,4);1H. The Kier molecular flexibility index (Phi) is 7.07.